The lowest BCUT2D eigenvalue weighted by molar-refractivity contribution is -0.275. The molecule has 0 aliphatic rings. The van der Waals surface area contributed by atoms with Crippen molar-refractivity contribution in [3.05, 3.63) is 41.5 Å². The topological polar surface area (TPSA) is 77.2 Å². The zero-order valence-electron chi connectivity index (χ0n) is 12.6. The fourth-order valence-electron chi connectivity index (χ4n) is 1.91. The van der Waals surface area contributed by atoms with Crippen molar-refractivity contribution in [1.82, 2.24) is 15.5 Å². The summed E-state index contributed by atoms with van der Waals surface area (Å²) in [6.07, 6.45) is -4.89. The standard InChI is InChI=1S/C14H13ClF3N3O3/c1-7(15)13(22)20-11(12-19-8(2)24-21-12)9-5-3-4-6-10(9)23-14(16,17)18/h3-7,11H,1-2H3,(H,20,22). The molecule has 0 spiro atoms. The molecule has 2 rings (SSSR count). The van der Waals surface area contributed by atoms with Crippen LogP contribution in [0, 0.1) is 6.92 Å². The third-order valence-electron chi connectivity index (χ3n) is 2.91. The highest BCUT2D eigenvalue weighted by molar-refractivity contribution is 6.30. The van der Waals surface area contributed by atoms with E-state index in [1.54, 1.807) is 0 Å². The highest BCUT2D eigenvalue weighted by Gasteiger charge is 2.34. The zero-order valence-corrected chi connectivity index (χ0v) is 13.4. The molecule has 2 unspecified atom stereocenters. The lowest BCUT2D eigenvalue weighted by Crippen LogP contribution is -2.35. The Kier molecular flexibility index (Phi) is 5.33. The van der Waals surface area contributed by atoms with Crippen molar-refractivity contribution < 1.29 is 27.2 Å². The molecule has 130 valence electrons. The van der Waals surface area contributed by atoms with E-state index in [2.05, 4.69) is 20.2 Å². The van der Waals surface area contributed by atoms with E-state index in [-0.39, 0.29) is 17.3 Å². The molecule has 1 aromatic heterocycles. The van der Waals surface area contributed by atoms with Crippen molar-refractivity contribution in [2.45, 2.75) is 31.6 Å². The number of carbonyl (C=O) groups is 1. The summed E-state index contributed by atoms with van der Waals surface area (Å²) in [6, 6.07) is 4.23. The number of nitrogens with zero attached hydrogens (tertiary/aromatic N) is 2. The Morgan fingerprint density at radius 2 is 2.04 bits per heavy atom. The summed E-state index contributed by atoms with van der Waals surface area (Å²) in [7, 11) is 0. The first-order valence-corrected chi connectivity index (χ1v) is 7.20. The molecule has 10 heteroatoms. The SMILES string of the molecule is Cc1nc(C(NC(=O)C(C)Cl)c2ccccc2OC(F)(F)F)no1. The molecule has 1 N–H and O–H groups in total. The Morgan fingerprint density at radius 1 is 1.38 bits per heavy atom. The molecule has 1 amide bonds. The van der Waals surface area contributed by atoms with Crippen molar-refractivity contribution in [1.29, 1.82) is 0 Å². The highest BCUT2D eigenvalue weighted by Crippen LogP contribution is 2.32. The predicted molar refractivity (Wildman–Crippen MR) is 77.5 cm³/mol. The Bertz CT molecular complexity index is 719. The van der Waals surface area contributed by atoms with Crippen molar-refractivity contribution in [3.63, 3.8) is 0 Å². The summed E-state index contributed by atoms with van der Waals surface area (Å²) in [5.41, 5.74) is 0.0151. The van der Waals surface area contributed by atoms with E-state index in [0.717, 1.165) is 6.07 Å². The van der Waals surface area contributed by atoms with Gasteiger partial charge in [-0.15, -0.1) is 24.8 Å². The minimum Gasteiger partial charge on any atom is -0.405 e. The molecule has 2 atom stereocenters. The average Bonchev–Trinajstić information content (AvgIpc) is 2.90. The number of rotatable bonds is 5. The predicted octanol–water partition coefficient (Wildman–Crippen LogP) is 3.11. The molecular weight excluding hydrogens is 351 g/mol. The number of carbonyl (C=O) groups excluding carboxylic acids is 1. The third kappa shape index (κ3) is 4.60. The minimum absolute atomic E-state index is 0.0151. The van der Waals surface area contributed by atoms with Gasteiger partial charge >= 0.3 is 6.36 Å². The molecule has 0 aliphatic heterocycles. The van der Waals surface area contributed by atoms with Crippen LogP contribution < -0.4 is 10.1 Å². The molecule has 0 saturated carbocycles. The Morgan fingerprint density at radius 3 is 2.58 bits per heavy atom. The first kappa shape index (κ1) is 18.1. The summed E-state index contributed by atoms with van der Waals surface area (Å²) in [5, 5.41) is 5.24. The normalized spacial score (nSPS) is 14.1. The molecule has 0 fully saturated rings. The molecule has 2 aromatic rings. The number of nitrogens with one attached hydrogen (secondary N) is 1. The Hall–Kier alpha value is -2.29. The molecule has 0 aliphatic carbocycles. The van der Waals surface area contributed by atoms with Crippen LogP contribution in [0.1, 0.15) is 30.2 Å². The number of aromatic nitrogens is 2. The zero-order chi connectivity index (χ0) is 17.9. The second kappa shape index (κ2) is 7.08. The first-order valence-electron chi connectivity index (χ1n) is 6.76. The fourth-order valence-corrected chi connectivity index (χ4v) is 1.97. The minimum atomic E-state index is -4.89. The van der Waals surface area contributed by atoms with Gasteiger partial charge in [-0.3, -0.25) is 4.79 Å². The number of halogens is 4. The van der Waals surface area contributed by atoms with Gasteiger partial charge in [-0.25, -0.2) is 0 Å². The van der Waals surface area contributed by atoms with Crippen LogP contribution >= 0.6 is 11.6 Å². The van der Waals surface area contributed by atoms with Crippen LogP contribution in [-0.4, -0.2) is 27.8 Å². The van der Waals surface area contributed by atoms with Crippen molar-refractivity contribution in [2.24, 2.45) is 0 Å². The summed E-state index contributed by atoms with van der Waals surface area (Å²) in [4.78, 5) is 15.9. The van der Waals surface area contributed by atoms with Crippen LogP contribution in [0.25, 0.3) is 0 Å². The first-order chi connectivity index (χ1) is 11.2. The number of aryl methyl sites for hydroxylation is 1. The molecule has 0 saturated heterocycles. The van der Waals surface area contributed by atoms with Crippen LogP contribution in [0.4, 0.5) is 13.2 Å². The molecule has 1 heterocycles. The smallest absolute Gasteiger partial charge is 0.405 e. The van der Waals surface area contributed by atoms with Crippen molar-refractivity contribution in [2.75, 3.05) is 0 Å². The molecule has 0 bridgehead atoms. The maximum atomic E-state index is 12.6. The number of hydrogen-bond donors (Lipinski definition) is 1. The lowest BCUT2D eigenvalue weighted by atomic mass is 10.0. The number of hydrogen-bond acceptors (Lipinski definition) is 5. The second-order valence-corrected chi connectivity index (χ2v) is 5.47. The Labute approximate surface area is 139 Å². The van der Waals surface area contributed by atoms with Gasteiger partial charge in [0.15, 0.2) is 5.82 Å². The van der Waals surface area contributed by atoms with Gasteiger partial charge in [-0.1, -0.05) is 23.4 Å². The van der Waals surface area contributed by atoms with Crippen LogP contribution in [0.2, 0.25) is 0 Å². The summed E-state index contributed by atoms with van der Waals surface area (Å²) in [6.45, 7) is 2.94. The second-order valence-electron chi connectivity index (χ2n) is 4.81. The van der Waals surface area contributed by atoms with Gasteiger partial charge in [0.1, 0.15) is 17.2 Å². The van der Waals surface area contributed by atoms with E-state index < -0.39 is 29.4 Å². The van der Waals surface area contributed by atoms with Gasteiger partial charge in [0.2, 0.25) is 11.8 Å². The average molecular weight is 364 g/mol. The molecular formula is C14H13ClF3N3O3. The summed E-state index contributed by atoms with van der Waals surface area (Å²) >= 11 is 5.71. The van der Waals surface area contributed by atoms with Gasteiger partial charge in [0.05, 0.1) is 0 Å². The number of ether oxygens (including phenoxy) is 1. The van der Waals surface area contributed by atoms with Gasteiger partial charge in [0, 0.05) is 12.5 Å². The van der Waals surface area contributed by atoms with Crippen LogP contribution in [-0.2, 0) is 4.79 Å². The third-order valence-corrected chi connectivity index (χ3v) is 3.10. The van der Waals surface area contributed by atoms with Gasteiger partial charge in [0.25, 0.3) is 0 Å². The quantitative estimate of drug-likeness (QED) is 0.826. The number of alkyl halides is 4. The molecule has 24 heavy (non-hydrogen) atoms. The number of amides is 1. The van der Waals surface area contributed by atoms with Crippen LogP contribution in [0.3, 0.4) is 0 Å². The van der Waals surface area contributed by atoms with Crippen molar-refractivity contribution in [3.8, 4) is 5.75 Å². The van der Waals surface area contributed by atoms with E-state index in [4.69, 9.17) is 16.1 Å². The van der Waals surface area contributed by atoms with Crippen LogP contribution in [0.15, 0.2) is 28.8 Å². The highest BCUT2D eigenvalue weighted by atomic mass is 35.5. The number of benzene rings is 1. The van der Waals surface area contributed by atoms with E-state index in [0.29, 0.717) is 0 Å². The fraction of sp³-hybridized carbons (Fsp3) is 0.357. The number of para-hydroxylation sites is 1. The maximum Gasteiger partial charge on any atom is 0.573 e. The molecule has 1 aromatic carbocycles. The largest absolute Gasteiger partial charge is 0.573 e. The van der Waals surface area contributed by atoms with E-state index in [9.17, 15) is 18.0 Å². The Balaban J connectivity index is 2.45. The summed E-state index contributed by atoms with van der Waals surface area (Å²) in [5.74, 6) is -0.917. The monoisotopic (exact) mass is 363 g/mol. The maximum absolute atomic E-state index is 12.6. The van der Waals surface area contributed by atoms with E-state index in [1.807, 2.05) is 0 Å². The van der Waals surface area contributed by atoms with Gasteiger partial charge in [-0.05, 0) is 13.0 Å². The van der Waals surface area contributed by atoms with E-state index >= 15 is 0 Å². The van der Waals surface area contributed by atoms with Crippen LogP contribution in [0.5, 0.6) is 5.75 Å². The van der Waals surface area contributed by atoms with Gasteiger partial charge < -0.3 is 14.6 Å². The lowest BCUT2D eigenvalue weighted by Gasteiger charge is -2.20. The summed E-state index contributed by atoms with van der Waals surface area (Å²) < 4.78 is 46.7. The molecule has 6 nitrogen and oxygen atoms in total. The van der Waals surface area contributed by atoms with Crippen molar-refractivity contribution >= 4 is 17.5 Å². The molecule has 0 radical (unpaired) electrons. The van der Waals surface area contributed by atoms with E-state index in [1.165, 1.54) is 32.0 Å². The van der Waals surface area contributed by atoms with Gasteiger partial charge in [-0.2, -0.15) is 4.98 Å².